The van der Waals surface area contributed by atoms with Crippen molar-refractivity contribution in [3.8, 4) is 0 Å². The Bertz CT molecular complexity index is 763. The lowest BCUT2D eigenvalue weighted by atomic mass is 10.1. The molecule has 1 aliphatic rings. The molecule has 3 heterocycles. The summed E-state index contributed by atoms with van der Waals surface area (Å²) >= 11 is 0. The Morgan fingerprint density at radius 3 is 2.96 bits per heavy atom. The zero-order chi connectivity index (χ0) is 17.8. The SMILES string of the molecule is CCC(C)CNCCc1cn2c(C3C=CN(C)N=C3)cnc2c(N)n1. The Morgan fingerprint density at radius 1 is 1.40 bits per heavy atom. The van der Waals surface area contributed by atoms with Gasteiger partial charge in [-0.3, -0.25) is 9.41 Å². The zero-order valence-electron chi connectivity index (χ0n) is 15.2. The van der Waals surface area contributed by atoms with Gasteiger partial charge in [0, 0.05) is 38.6 Å². The van der Waals surface area contributed by atoms with E-state index in [1.807, 2.05) is 36.3 Å². The van der Waals surface area contributed by atoms with Crippen LogP contribution in [0.1, 0.15) is 37.6 Å². The number of hydrazone groups is 1. The van der Waals surface area contributed by atoms with Gasteiger partial charge in [-0.25, -0.2) is 9.97 Å². The number of aromatic nitrogens is 3. The Labute approximate surface area is 148 Å². The molecule has 3 N–H and O–H groups in total. The summed E-state index contributed by atoms with van der Waals surface area (Å²) in [6, 6.07) is 0. The third-order valence-corrected chi connectivity index (χ3v) is 4.60. The normalized spacial score (nSPS) is 18.2. The van der Waals surface area contributed by atoms with Crippen molar-refractivity contribution in [3.05, 3.63) is 36.1 Å². The predicted octanol–water partition coefficient (Wildman–Crippen LogP) is 2.02. The highest BCUT2D eigenvalue weighted by molar-refractivity contribution is 5.72. The summed E-state index contributed by atoms with van der Waals surface area (Å²) in [6.45, 7) is 6.39. The van der Waals surface area contributed by atoms with E-state index in [2.05, 4.69) is 40.3 Å². The standard InChI is InChI=1S/C18H27N7/c1-4-13(2)9-20-7-5-15-12-25-16(11-21-18(25)17(19)23-15)14-6-8-24(3)22-10-14/h6,8,10-14,20H,4-5,7,9H2,1-3H3,(H2,19,23). The van der Waals surface area contributed by atoms with Gasteiger partial charge in [0.1, 0.15) is 0 Å². The number of hydrogen-bond donors (Lipinski definition) is 2. The second-order valence-electron chi connectivity index (χ2n) is 6.67. The second-order valence-corrected chi connectivity index (χ2v) is 6.67. The third kappa shape index (κ3) is 3.99. The summed E-state index contributed by atoms with van der Waals surface area (Å²) < 4.78 is 2.04. The largest absolute Gasteiger partial charge is 0.381 e. The van der Waals surface area contributed by atoms with Gasteiger partial charge >= 0.3 is 0 Å². The first-order chi connectivity index (χ1) is 12.1. The average Bonchev–Trinajstić information content (AvgIpc) is 3.03. The van der Waals surface area contributed by atoms with Crippen LogP contribution in [0.5, 0.6) is 0 Å². The van der Waals surface area contributed by atoms with Gasteiger partial charge in [-0.1, -0.05) is 26.3 Å². The highest BCUT2D eigenvalue weighted by Crippen LogP contribution is 2.22. The molecule has 0 saturated heterocycles. The number of anilines is 1. The molecule has 0 bridgehead atoms. The number of hydrogen-bond acceptors (Lipinski definition) is 6. The molecule has 134 valence electrons. The van der Waals surface area contributed by atoms with Gasteiger partial charge in [0.25, 0.3) is 0 Å². The van der Waals surface area contributed by atoms with Gasteiger partial charge in [-0.05, 0) is 12.5 Å². The maximum atomic E-state index is 6.12. The summed E-state index contributed by atoms with van der Waals surface area (Å²) in [7, 11) is 1.91. The Balaban J connectivity index is 1.76. The summed E-state index contributed by atoms with van der Waals surface area (Å²) in [4.78, 5) is 8.94. The van der Waals surface area contributed by atoms with Gasteiger partial charge in [-0.2, -0.15) is 5.10 Å². The maximum absolute atomic E-state index is 6.12. The molecule has 3 rings (SSSR count). The molecule has 2 aromatic heterocycles. The first kappa shape index (κ1) is 17.4. The van der Waals surface area contributed by atoms with Crippen molar-refractivity contribution >= 4 is 17.7 Å². The average molecular weight is 341 g/mol. The Kier molecular flexibility index (Phi) is 5.33. The number of nitrogens with one attached hydrogen (secondary N) is 1. The summed E-state index contributed by atoms with van der Waals surface area (Å²) in [5.74, 6) is 1.25. The molecule has 0 aliphatic carbocycles. The molecule has 7 heteroatoms. The molecule has 1 aliphatic heterocycles. The van der Waals surface area contributed by atoms with Crippen LogP contribution >= 0.6 is 0 Å². The van der Waals surface area contributed by atoms with E-state index >= 15 is 0 Å². The number of nitrogens with zero attached hydrogens (tertiary/aromatic N) is 5. The minimum Gasteiger partial charge on any atom is -0.381 e. The lowest BCUT2D eigenvalue weighted by Crippen LogP contribution is -2.23. The fourth-order valence-electron chi connectivity index (χ4n) is 2.82. The van der Waals surface area contributed by atoms with E-state index in [9.17, 15) is 0 Å². The Hall–Kier alpha value is -2.41. The van der Waals surface area contributed by atoms with Gasteiger partial charge in [0.05, 0.1) is 23.5 Å². The topological polar surface area (TPSA) is 83.8 Å². The van der Waals surface area contributed by atoms with Gasteiger partial charge in [0.2, 0.25) is 0 Å². The monoisotopic (exact) mass is 341 g/mol. The fraction of sp³-hybridized carbons (Fsp3) is 0.500. The molecule has 0 aromatic carbocycles. The van der Waals surface area contributed by atoms with E-state index in [0.29, 0.717) is 17.4 Å². The molecule has 0 radical (unpaired) electrons. The number of rotatable bonds is 7. The van der Waals surface area contributed by atoms with Crippen LogP contribution < -0.4 is 11.1 Å². The molecular weight excluding hydrogens is 314 g/mol. The number of nitrogen functional groups attached to an aromatic ring is 1. The minimum atomic E-state index is 0.0874. The molecule has 0 saturated carbocycles. The molecule has 25 heavy (non-hydrogen) atoms. The number of fused-ring (bicyclic) bond motifs is 1. The van der Waals surface area contributed by atoms with Crippen LogP contribution in [0.3, 0.4) is 0 Å². The Morgan fingerprint density at radius 2 is 2.24 bits per heavy atom. The maximum Gasteiger partial charge on any atom is 0.180 e. The summed E-state index contributed by atoms with van der Waals surface area (Å²) in [6.07, 6.45) is 11.9. The van der Waals surface area contributed by atoms with Crippen LogP contribution in [0, 0.1) is 5.92 Å². The van der Waals surface area contributed by atoms with Crippen molar-refractivity contribution in [2.45, 2.75) is 32.6 Å². The molecule has 0 fully saturated rings. The lowest BCUT2D eigenvalue weighted by Gasteiger charge is -2.16. The van der Waals surface area contributed by atoms with E-state index in [4.69, 9.17) is 5.73 Å². The zero-order valence-corrected chi connectivity index (χ0v) is 15.2. The van der Waals surface area contributed by atoms with Crippen molar-refractivity contribution in [3.63, 3.8) is 0 Å². The molecular formula is C18H27N7. The summed E-state index contributed by atoms with van der Waals surface area (Å²) in [5.41, 5.74) is 8.84. The van der Waals surface area contributed by atoms with Crippen molar-refractivity contribution in [1.29, 1.82) is 0 Å². The molecule has 7 nitrogen and oxygen atoms in total. The second kappa shape index (κ2) is 7.65. The predicted molar refractivity (Wildman–Crippen MR) is 102 cm³/mol. The quantitative estimate of drug-likeness (QED) is 0.753. The third-order valence-electron chi connectivity index (χ3n) is 4.60. The summed E-state index contributed by atoms with van der Waals surface area (Å²) in [5, 5.41) is 9.59. The van der Waals surface area contributed by atoms with Crippen LogP contribution in [0.25, 0.3) is 5.65 Å². The number of nitrogens with two attached hydrogens (primary N) is 1. The van der Waals surface area contributed by atoms with E-state index in [0.717, 1.165) is 30.9 Å². The molecule has 2 unspecified atom stereocenters. The number of allylic oxidation sites excluding steroid dienone is 1. The van der Waals surface area contributed by atoms with Crippen LogP contribution in [0.4, 0.5) is 5.82 Å². The van der Waals surface area contributed by atoms with E-state index in [-0.39, 0.29) is 5.92 Å². The molecule has 0 amide bonds. The van der Waals surface area contributed by atoms with Crippen LogP contribution in [-0.4, -0.2) is 45.7 Å². The smallest absolute Gasteiger partial charge is 0.180 e. The molecule has 2 aromatic rings. The van der Waals surface area contributed by atoms with Crippen molar-refractivity contribution in [2.24, 2.45) is 11.0 Å². The highest BCUT2D eigenvalue weighted by atomic mass is 15.4. The van der Waals surface area contributed by atoms with E-state index in [1.165, 1.54) is 6.42 Å². The van der Waals surface area contributed by atoms with Gasteiger partial charge in [-0.15, -0.1) is 0 Å². The van der Waals surface area contributed by atoms with Gasteiger partial charge in [0.15, 0.2) is 11.5 Å². The van der Waals surface area contributed by atoms with Crippen molar-refractivity contribution in [2.75, 3.05) is 25.9 Å². The van der Waals surface area contributed by atoms with Crippen LogP contribution in [0.15, 0.2) is 29.8 Å². The van der Waals surface area contributed by atoms with E-state index in [1.54, 1.807) is 5.01 Å². The van der Waals surface area contributed by atoms with Crippen LogP contribution in [-0.2, 0) is 6.42 Å². The number of imidazole rings is 1. The van der Waals surface area contributed by atoms with E-state index < -0.39 is 0 Å². The van der Waals surface area contributed by atoms with Gasteiger partial charge < -0.3 is 11.1 Å². The first-order valence-corrected chi connectivity index (χ1v) is 8.86. The molecule has 2 atom stereocenters. The van der Waals surface area contributed by atoms with Crippen molar-refractivity contribution < 1.29 is 0 Å². The fourth-order valence-corrected chi connectivity index (χ4v) is 2.82. The molecule has 0 spiro atoms. The first-order valence-electron chi connectivity index (χ1n) is 8.86. The minimum absolute atomic E-state index is 0.0874. The van der Waals surface area contributed by atoms with Crippen LogP contribution in [0.2, 0.25) is 0 Å². The lowest BCUT2D eigenvalue weighted by molar-refractivity contribution is 0.481. The highest BCUT2D eigenvalue weighted by Gasteiger charge is 2.16. The van der Waals surface area contributed by atoms with Crippen molar-refractivity contribution in [1.82, 2.24) is 24.7 Å².